The smallest absolute Gasteiger partial charge is 0.246 e. The second-order valence-electron chi connectivity index (χ2n) is 4.00. The first-order chi connectivity index (χ1) is 9.61. The third-order valence-electron chi connectivity index (χ3n) is 2.85. The van der Waals surface area contributed by atoms with Crippen molar-refractivity contribution >= 4 is 16.1 Å². The molecule has 0 spiro atoms. The maximum Gasteiger partial charge on any atom is 0.246 e. The van der Waals surface area contributed by atoms with E-state index in [0.717, 1.165) is 4.31 Å². The van der Waals surface area contributed by atoms with Gasteiger partial charge in [0.25, 0.3) is 0 Å². The minimum Gasteiger partial charge on any atom is -0.376 e. The molecule has 1 aliphatic heterocycles. The number of benzene rings is 1. The number of ether oxygens (including phenoxy) is 1. The molecule has 1 aliphatic rings. The van der Waals surface area contributed by atoms with Gasteiger partial charge in [-0.2, -0.15) is 14.6 Å². The number of nitrogens with zero attached hydrogens (tertiary/aromatic N) is 3. The highest BCUT2D eigenvalue weighted by Gasteiger charge is 2.35. The predicted molar refractivity (Wildman–Crippen MR) is 67.8 cm³/mol. The predicted octanol–water partition coefficient (Wildman–Crippen LogP) is 0.241. The summed E-state index contributed by atoms with van der Waals surface area (Å²) in [5.41, 5.74) is 0.0489. The molecular weight excluding hydrogens is 282 g/mol. The van der Waals surface area contributed by atoms with E-state index < -0.39 is 16.2 Å². The maximum absolute atomic E-state index is 12.6. The Labute approximate surface area is 116 Å². The Morgan fingerprint density at radius 3 is 2.85 bits per heavy atom. The van der Waals surface area contributed by atoms with Crippen LogP contribution in [0.4, 0.5) is 0 Å². The van der Waals surface area contributed by atoms with Crippen LogP contribution in [-0.2, 0) is 19.6 Å². The number of sulfonamides is 1. The van der Waals surface area contributed by atoms with Crippen molar-refractivity contribution in [2.24, 2.45) is 4.99 Å². The monoisotopic (exact) mass is 293 g/mol. The van der Waals surface area contributed by atoms with Crippen LogP contribution < -0.4 is 0 Å². The average Bonchev–Trinajstić information content (AvgIpc) is 2.48. The highest BCUT2D eigenvalue weighted by Crippen LogP contribution is 2.23. The molecule has 1 atom stereocenters. The summed E-state index contributed by atoms with van der Waals surface area (Å²) in [6.07, 6.45) is 0.397. The van der Waals surface area contributed by atoms with Crippen LogP contribution in [0.15, 0.2) is 34.2 Å². The molecule has 0 N–H and O–H groups in total. The average molecular weight is 293 g/mol. The van der Waals surface area contributed by atoms with Gasteiger partial charge >= 0.3 is 0 Å². The van der Waals surface area contributed by atoms with Crippen LogP contribution in [0.3, 0.4) is 0 Å². The zero-order chi connectivity index (χ0) is 14.6. The van der Waals surface area contributed by atoms with Crippen molar-refractivity contribution in [1.82, 2.24) is 4.31 Å². The number of isocyanates is 1. The van der Waals surface area contributed by atoms with Crippen LogP contribution in [0.2, 0.25) is 0 Å². The summed E-state index contributed by atoms with van der Waals surface area (Å²) in [6, 6.07) is 7.73. The molecule has 1 aromatic rings. The Bertz CT molecular complexity index is 689. The topological polar surface area (TPSA) is 99.8 Å². The fraction of sp³-hybridized carbons (Fsp3) is 0.333. The van der Waals surface area contributed by atoms with Crippen molar-refractivity contribution in [1.29, 1.82) is 5.26 Å². The van der Waals surface area contributed by atoms with Crippen molar-refractivity contribution < 1.29 is 17.9 Å². The summed E-state index contributed by atoms with van der Waals surface area (Å²) in [4.78, 5) is 13.7. The van der Waals surface area contributed by atoms with Gasteiger partial charge in [-0.25, -0.2) is 13.2 Å². The molecule has 0 amide bonds. The van der Waals surface area contributed by atoms with Crippen LogP contribution in [-0.4, -0.2) is 44.7 Å². The minimum absolute atomic E-state index is 0.0107. The van der Waals surface area contributed by atoms with E-state index in [9.17, 15) is 13.2 Å². The molecule has 0 bridgehead atoms. The normalized spacial score (nSPS) is 19.9. The first-order valence-corrected chi connectivity index (χ1v) is 7.21. The fourth-order valence-corrected chi connectivity index (χ4v) is 3.57. The highest BCUT2D eigenvalue weighted by molar-refractivity contribution is 7.89. The number of rotatable bonds is 3. The molecule has 8 heteroatoms. The van der Waals surface area contributed by atoms with E-state index in [0.29, 0.717) is 0 Å². The van der Waals surface area contributed by atoms with Crippen molar-refractivity contribution in [3.8, 4) is 6.07 Å². The van der Waals surface area contributed by atoms with Crippen molar-refractivity contribution in [2.75, 3.05) is 19.8 Å². The summed E-state index contributed by atoms with van der Waals surface area (Å²) in [7, 11) is -3.92. The molecule has 1 saturated heterocycles. The van der Waals surface area contributed by atoms with E-state index in [2.05, 4.69) is 4.99 Å². The van der Waals surface area contributed by atoms with Crippen LogP contribution in [0.5, 0.6) is 0 Å². The van der Waals surface area contributed by atoms with E-state index in [-0.39, 0.29) is 30.2 Å². The molecule has 0 radical (unpaired) electrons. The molecule has 1 aromatic carbocycles. The quantitative estimate of drug-likeness (QED) is 0.587. The number of morpholine rings is 1. The zero-order valence-corrected chi connectivity index (χ0v) is 11.2. The first kappa shape index (κ1) is 14.4. The van der Waals surface area contributed by atoms with Gasteiger partial charge in [-0.05, 0) is 12.1 Å². The lowest BCUT2D eigenvalue weighted by Crippen LogP contribution is -2.47. The summed E-state index contributed by atoms with van der Waals surface area (Å²) in [5.74, 6) is 0. The fourth-order valence-electron chi connectivity index (χ4n) is 1.93. The summed E-state index contributed by atoms with van der Waals surface area (Å²) in [6.45, 7) is 0.264. The second-order valence-corrected chi connectivity index (χ2v) is 5.86. The van der Waals surface area contributed by atoms with Gasteiger partial charge in [0.2, 0.25) is 16.1 Å². The SMILES string of the molecule is N#Cc1ccccc1S(=O)(=O)N1CCOCC1N=C=O. The van der Waals surface area contributed by atoms with Gasteiger partial charge in [-0.1, -0.05) is 12.1 Å². The van der Waals surface area contributed by atoms with Crippen molar-refractivity contribution in [3.05, 3.63) is 29.8 Å². The van der Waals surface area contributed by atoms with Gasteiger partial charge < -0.3 is 4.74 Å². The Balaban J connectivity index is 2.48. The van der Waals surface area contributed by atoms with Gasteiger partial charge in [-0.3, -0.25) is 0 Å². The van der Waals surface area contributed by atoms with Crippen molar-refractivity contribution in [3.63, 3.8) is 0 Å². The number of carbonyl (C=O) groups excluding carboxylic acids is 1. The molecule has 0 aromatic heterocycles. The van der Waals surface area contributed by atoms with Crippen molar-refractivity contribution in [2.45, 2.75) is 11.1 Å². The van der Waals surface area contributed by atoms with E-state index in [1.54, 1.807) is 6.07 Å². The van der Waals surface area contributed by atoms with Gasteiger partial charge in [-0.15, -0.1) is 0 Å². The van der Waals surface area contributed by atoms with Crippen LogP contribution in [0, 0.1) is 11.3 Å². The lowest BCUT2D eigenvalue weighted by molar-refractivity contribution is 0.0359. The standard InChI is InChI=1S/C12H11N3O4S/c13-7-10-3-1-2-4-11(10)20(17,18)15-5-6-19-8-12(15)14-9-16/h1-4,12H,5-6,8H2. The van der Waals surface area contributed by atoms with Gasteiger partial charge in [0.15, 0.2) is 6.17 Å². The van der Waals surface area contributed by atoms with Crippen LogP contribution >= 0.6 is 0 Å². The first-order valence-electron chi connectivity index (χ1n) is 5.77. The molecule has 1 unspecified atom stereocenters. The minimum atomic E-state index is -3.92. The summed E-state index contributed by atoms with van der Waals surface area (Å²) >= 11 is 0. The van der Waals surface area contributed by atoms with E-state index in [1.807, 2.05) is 6.07 Å². The molecular formula is C12H11N3O4S. The van der Waals surface area contributed by atoms with Crippen LogP contribution in [0.1, 0.15) is 5.56 Å². The zero-order valence-electron chi connectivity index (χ0n) is 10.4. The number of hydrogen-bond acceptors (Lipinski definition) is 6. The molecule has 7 nitrogen and oxygen atoms in total. The molecule has 1 heterocycles. The van der Waals surface area contributed by atoms with Gasteiger partial charge in [0, 0.05) is 6.54 Å². The largest absolute Gasteiger partial charge is 0.376 e. The number of nitriles is 1. The molecule has 0 saturated carbocycles. The maximum atomic E-state index is 12.6. The van der Waals surface area contributed by atoms with E-state index in [1.165, 1.54) is 24.3 Å². The van der Waals surface area contributed by atoms with Crippen LogP contribution in [0.25, 0.3) is 0 Å². The lowest BCUT2D eigenvalue weighted by Gasteiger charge is -2.31. The van der Waals surface area contributed by atoms with E-state index in [4.69, 9.17) is 10.00 Å². The summed E-state index contributed by atoms with van der Waals surface area (Å²) < 4.78 is 31.3. The second kappa shape index (κ2) is 5.94. The third-order valence-corrected chi connectivity index (χ3v) is 4.81. The Kier molecular flexibility index (Phi) is 4.27. The Morgan fingerprint density at radius 1 is 1.40 bits per heavy atom. The van der Waals surface area contributed by atoms with Gasteiger partial charge in [0.05, 0.1) is 18.8 Å². The number of aliphatic imine (C=N–C) groups is 1. The highest BCUT2D eigenvalue weighted by atomic mass is 32.2. The molecule has 1 fully saturated rings. The Hall–Kier alpha value is -2.04. The number of hydrogen-bond donors (Lipinski definition) is 0. The Morgan fingerprint density at radius 2 is 2.15 bits per heavy atom. The van der Waals surface area contributed by atoms with Gasteiger partial charge in [0.1, 0.15) is 11.0 Å². The summed E-state index contributed by atoms with van der Waals surface area (Å²) in [5, 5.41) is 9.01. The lowest BCUT2D eigenvalue weighted by atomic mass is 10.2. The molecule has 104 valence electrons. The molecule has 2 rings (SSSR count). The third kappa shape index (κ3) is 2.61. The molecule has 0 aliphatic carbocycles. The molecule has 20 heavy (non-hydrogen) atoms. The van der Waals surface area contributed by atoms with E-state index >= 15 is 0 Å².